The first-order chi connectivity index (χ1) is 10.6. The highest BCUT2D eigenvalue weighted by molar-refractivity contribution is 6.30. The fraction of sp³-hybridized carbons (Fsp3) is 0.188. The van der Waals surface area contributed by atoms with Crippen LogP contribution in [0, 0.1) is 5.82 Å². The lowest BCUT2D eigenvalue weighted by atomic mass is 10.2. The molecular weight excluding hydrogens is 307 g/mol. The molecule has 0 spiro atoms. The summed E-state index contributed by atoms with van der Waals surface area (Å²) < 4.78 is 18.2. The first-order valence-electron chi connectivity index (χ1n) is 6.71. The van der Waals surface area contributed by atoms with Gasteiger partial charge in [0.05, 0.1) is 12.8 Å². The zero-order valence-corrected chi connectivity index (χ0v) is 12.8. The predicted molar refractivity (Wildman–Crippen MR) is 86.1 cm³/mol. The van der Waals surface area contributed by atoms with Crippen LogP contribution in [0.15, 0.2) is 42.5 Å². The fourth-order valence-corrected chi connectivity index (χ4v) is 2.09. The maximum Gasteiger partial charge on any atom is 0.226 e. The third-order valence-electron chi connectivity index (χ3n) is 2.94. The van der Waals surface area contributed by atoms with Gasteiger partial charge in [-0.05, 0) is 36.4 Å². The number of hydrogen-bond donors (Lipinski definition) is 2. The minimum absolute atomic E-state index is 0.209. The second kappa shape index (κ2) is 7.66. The zero-order chi connectivity index (χ0) is 15.9. The number of hydrogen-bond acceptors (Lipinski definition) is 3. The van der Waals surface area contributed by atoms with E-state index in [1.807, 2.05) is 0 Å². The van der Waals surface area contributed by atoms with E-state index in [4.69, 9.17) is 16.3 Å². The molecule has 2 aromatic carbocycles. The van der Waals surface area contributed by atoms with Gasteiger partial charge in [0, 0.05) is 23.7 Å². The summed E-state index contributed by atoms with van der Waals surface area (Å²) in [5.74, 6) is 0.0497. The third-order valence-corrected chi connectivity index (χ3v) is 3.17. The standard InChI is InChI=1S/C16H16ClFN2O2/c1-22-15-6-5-11(17)9-14(15)19-8-7-16(21)20-13-4-2-3-12(18)10-13/h2-6,9-10,19H,7-8H2,1H3,(H,20,21). The van der Waals surface area contributed by atoms with Crippen molar-refractivity contribution in [1.29, 1.82) is 0 Å². The molecule has 116 valence electrons. The van der Waals surface area contributed by atoms with Gasteiger partial charge in [-0.2, -0.15) is 0 Å². The van der Waals surface area contributed by atoms with Crippen LogP contribution in [0.3, 0.4) is 0 Å². The molecular formula is C16H16ClFN2O2. The topological polar surface area (TPSA) is 50.4 Å². The zero-order valence-electron chi connectivity index (χ0n) is 12.0. The first-order valence-corrected chi connectivity index (χ1v) is 7.09. The fourth-order valence-electron chi connectivity index (χ4n) is 1.92. The average molecular weight is 323 g/mol. The van der Waals surface area contributed by atoms with Crippen LogP contribution in [-0.4, -0.2) is 19.6 Å². The molecule has 0 saturated heterocycles. The van der Waals surface area contributed by atoms with E-state index in [1.54, 1.807) is 37.4 Å². The summed E-state index contributed by atoms with van der Waals surface area (Å²) in [4.78, 5) is 11.8. The number of nitrogens with one attached hydrogen (secondary N) is 2. The van der Waals surface area contributed by atoms with E-state index in [-0.39, 0.29) is 18.1 Å². The molecule has 0 radical (unpaired) electrons. The van der Waals surface area contributed by atoms with Crippen LogP contribution in [0.25, 0.3) is 0 Å². The second-order valence-corrected chi connectivity index (χ2v) is 5.02. The molecule has 0 atom stereocenters. The number of amides is 1. The highest BCUT2D eigenvalue weighted by Gasteiger charge is 2.06. The maximum absolute atomic E-state index is 13.0. The molecule has 0 aliphatic rings. The van der Waals surface area contributed by atoms with E-state index in [1.165, 1.54) is 12.1 Å². The van der Waals surface area contributed by atoms with Crippen molar-refractivity contribution in [3.63, 3.8) is 0 Å². The van der Waals surface area contributed by atoms with E-state index in [0.29, 0.717) is 28.7 Å². The van der Waals surface area contributed by atoms with Crippen molar-refractivity contribution >= 4 is 28.9 Å². The highest BCUT2D eigenvalue weighted by Crippen LogP contribution is 2.27. The Morgan fingerprint density at radius 1 is 1.27 bits per heavy atom. The summed E-state index contributed by atoms with van der Waals surface area (Å²) >= 11 is 5.93. The van der Waals surface area contributed by atoms with Gasteiger partial charge in [-0.15, -0.1) is 0 Å². The van der Waals surface area contributed by atoms with Gasteiger partial charge in [-0.1, -0.05) is 17.7 Å². The van der Waals surface area contributed by atoms with Crippen molar-refractivity contribution in [1.82, 2.24) is 0 Å². The second-order valence-electron chi connectivity index (χ2n) is 4.58. The van der Waals surface area contributed by atoms with Crippen LogP contribution in [0.1, 0.15) is 6.42 Å². The van der Waals surface area contributed by atoms with Gasteiger partial charge in [0.1, 0.15) is 11.6 Å². The number of rotatable bonds is 6. The van der Waals surface area contributed by atoms with Crippen LogP contribution in [0.5, 0.6) is 5.75 Å². The molecule has 0 unspecified atom stereocenters. The van der Waals surface area contributed by atoms with Crippen molar-refractivity contribution in [2.45, 2.75) is 6.42 Å². The Labute approximate surface area is 133 Å². The van der Waals surface area contributed by atoms with Gasteiger partial charge in [0.15, 0.2) is 0 Å². The average Bonchev–Trinajstić information content (AvgIpc) is 2.47. The van der Waals surface area contributed by atoms with E-state index in [0.717, 1.165) is 0 Å². The maximum atomic E-state index is 13.0. The van der Waals surface area contributed by atoms with Crippen molar-refractivity contribution < 1.29 is 13.9 Å². The van der Waals surface area contributed by atoms with Crippen LogP contribution in [-0.2, 0) is 4.79 Å². The van der Waals surface area contributed by atoms with Gasteiger partial charge in [-0.3, -0.25) is 4.79 Å². The number of halogens is 2. The van der Waals surface area contributed by atoms with Crippen molar-refractivity contribution in [3.05, 3.63) is 53.3 Å². The SMILES string of the molecule is COc1ccc(Cl)cc1NCCC(=O)Nc1cccc(F)c1. The lowest BCUT2D eigenvalue weighted by Gasteiger charge is -2.11. The van der Waals surface area contributed by atoms with E-state index in [2.05, 4.69) is 10.6 Å². The lowest BCUT2D eigenvalue weighted by Crippen LogP contribution is -2.16. The molecule has 0 saturated carbocycles. The Bertz CT molecular complexity index is 664. The molecule has 0 bridgehead atoms. The van der Waals surface area contributed by atoms with Crippen LogP contribution in [0.4, 0.5) is 15.8 Å². The van der Waals surface area contributed by atoms with Crippen molar-refractivity contribution in [2.75, 3.05) is 24.3 Å². The summed E-state index contributed by atoms with van der Waals surface area (Å²) in [6.07, 6.45) is 0.228. The minimum atomic E-state index is -0.389. The summed E-state index contributed by atoms with van der Waals surface area (Å²) in [5, 5.41) is 6.30. The van der Waals surface area contributed by atoms with Crippen LogP contribution >= 0.6 is 11.6 Å². The smallest absolute Gasteiger partial charge is 0.226 e. The summed E-state index contributed by atoms with van der Waals surface area (Å²) in [7, 11) is 1.56. The van der Waals surface area contributed by atoms with Crippen molar-refractivity contribution in [3.8, 4) is 5.75 Å². The molecule has 0 aliphatic heterocycles. The summed E-state index contributed by atoms with van der Waals surface area (Å²) in [6.45, 7) is 0.401. The predicted octanol–water partition coefficient (Wildman–Crippen LogP) is 3.93. The minimum Gasteiger partial charge on any atom is -0.495 e. The quantitative estimate of drug-likeness (QED) is 0.847. The monoisotopic (exact) mass is 322 g/mol. The first kappa shape index (κ1) is 16.1. The number of anilines is 2. The molecule has 1 amide bonds. The van der Waals surface area contributed by atoms with Crippen molar-refractivity contribution in [2.24, 2.45) is 0 Å². The van der Waals surface area contributed by atoms with Crippen LogP contribution in [0.2, 0.25) is 5.02 Å². The number of methoxy groups -OCH3 is 1. The Morgan fingerprint density at radius 3 is 2.82 bits per heavy atom. The molecule has 4 nitrogen and oxygen atoms in total. The normalized spacial score (nSPS) is 10.1. The van der Waals surface area contributed by atoms with E-state index >= 15 is 0 Å². The summed E-state index contributed by atoms with van der Waals surface area (Å²) in [5.41, 5.74) is 1.15. The Hall–Kier alpha value is -2.27. The Balaban J connectivity index is 1.86. The highest BCUT2D eigenvalue weighted by atomic mass is 35.5. The van der Waals surface area contributed by atoms with E-state index in [9.17, 15) is 9.18 Å². The van der Waals surface area contributed by atoms with Gasteiger partial charge in [0.2, 0.25) is 5.91 Å². The Kier molecular flexibility index (Phi) is 5.61. The molecule has 0 heterocycles. The molecule has 2 rings (SSSR count). The molecule has 6 heteroatoms. The summed E-state index contributed by atoms with van der Waals surface area (Å²) in [6, 6.07) is 11.0. The number of carbonyl (C=O) groups excluding carboxylic acids is 1. The molecule has 22 heavy (non-hydrogen) atoms. The number of ether oxygens (including phenoxy) is 1. The lowest BCUT2D eigenvalue weighted by molar-refractivity contribution is -0.115. The molecule has 2 aromatic rings. The van der Waals surface area contributed by atoms with Gasteiger partial charge in [0.25, 0.3) is 0 Å². The van der Waals surface area contributed by atoms with Crippen LogP contribution < -0.4 is 15.4 Å². The van der Waals surface area contributed by atoms with Gasteiger partial charge >= 0.3 is 0 Å². The molecule has 0 aromatic heterocycles. The number of benzene rings is 2. The number of carbonyl (C=O) groups is 1. The van der Waals surface area contributed by atoms with E-state index < -0.39 is 0 Å². The molecule has 0 fully saturated rings. The van der Waals surface area contributed by atoms with Gasteiger partial charge in [-0.25, -0.2) is 4.39 Å². The molecule has 0 aliphatic carbocycles. The third kappa shape index (κ3) is 4.63. The molecule has 2 N–H and O–H groups in total. The Morgan fingerprint density at radius 2 is 2.09 bits per heavy atom. The van der Waals surface area contributed by atoms with Gasteiger partial charge < -0.3 is 15.4 Å². The largest absolute Gasteiger partial charge is 0.495 e.